The van der Waals surface area contributed by atoms with Gasteiger partial charge >= 0.3 is 6.03 Å². The highest BCUT2D eigenvalue weighted by Crippen LogP contribution is 2.26. The van der Waals surface area contributed by atoms with E-state index in [0.29, 0.717) is 29.5 Å². The fourth-order valence-corrected chi connectivity index (χ4v) is 1.71. The minimum Gasteiger partial charge on any atom is -0.398 e. The van der Waals surface area contributed by atoms with Crippen LogP contribution in [-0.4, -0.2) is 24.0 Å². The van der Waals surface area contributed by atoms with Crippen molar-refractivity contribution >= 4 is 29.0 Å². The van der Waals surface area contributed by atoms with Gasteiger partial charge in [0.05, 0.1) is 10.7 Å². The number of nitrogens with zero attached hydrogens (tertiary/aromatic N) is 1. The Morgan fingerprint density at radius 2 is 2.00 bits per heavy atom. The molecule has 5 heteroatoms. The third-order valence-corrected chi connectivity index (χ3v) is 2.96. The molecule has 0 spiro atoms. The number of urea groups is 1. The first kappa shape index (κ1) is 13.6. The molecule has 1 aromatic carbocycles. The SMILES string of the molecule is CCN(CC)C(=O)Nc1cc(Cl)c(N)cc1C. The number of carbonyl (C=O) groups is 1. The van der Waals surface area contributed by atoms with Gasteiger partial charge in [-0.3, -0.25) is 0 Å². The van der Waals surface area contributed by atoms with Crippen molar-refractivity contribution in [2.24, 2.45) is 0 Å². The molecule has 0 radical (unpaired) electrons. The second-order valence-corrected chi connectivity index (χ2v) is 4.20. The fraction of sp³-hybridized carbons (Fsp3) is 0.417. The molecule has 0 aliphatic heterocycles. The van der Waals surface area contributed by atoms with Gasteiger partial charge in [-0.15, -0.1) is 0 Å². The Bertz CT molecular complexity index is 416. The number of nitrogen functional groups attached to an aromatic ring is 1. The predicted octanol–water partition coefficient (Wildman–Crippen LogP) is 3.10. The van der Waals surface area contributed by atoms with Gasteiger partial charge in [0.2, 0.25) is 0 Å². The molecule has 0 atom stereocenters. The summed E-state index contributed by atoms with van der Waals surface area (Å²) in [4.78, 5) is 13.6. The van der Waals surface area contributed by atoms with Crippen LogP contribution in [0.15, 0.2) is 12.1 Å². The fourth-order valence-electron chi connectivity index (χ4n) is 1.54. The summed E-state index contributed by atoms with van der Waals surface area (Å²) in [6, 6.07) is 3.30. The van der Waals surface area contributed by atoms with Crippen LogP contribution < -0.4 is 11.1 Å². The maximum absolute atomic E-state index is 11.9. The molecule has 0 aliphatic rings. The van der Waals surface area contributed by atoms with Crippen LogP contribution in [0.5, 0.6) is 0 Å². The molecule has 4 nitrogen and oxygen atoms in total. The van der Waals surface area contributed by atoms with Crippen LogP contribution in [0, 0.1) is 6.92 Å². The van der Waals surface area contributed by atoms with E-state index in [4.69, 9.17) is 17.3 Å². The summed E-state index contributed by atoms with van der Waals surface area (Å²) < 4.78 is 0. The van der Waals surface area contributed by atoms with E-state index in [1.165, 1.54) is 0 Å². The molecule has 0 aromatic heterocycles. The summed E-state index contributed by atoms with van der Waals surface area (Å²) in [5, 5.41) is 3.28. The van der Waals surface area contributed by atoms with Crippen molar-refractivity contribution < 1.29 is 4.79 Å². The number of hydrogen-bond donors (Lipinski definition) is 2. The van der Waals surface area contributed by atoms with Gasteiger partial charge < -0.3 is 16.0 Å². The molecule has 0 unspecified atom stereocenters. The van der Waals surface area contributed by atoms with E-state index in [-0.39, 0.29) is 6.03 Å². The first-order valence-corrected chi connectivity index (χ1v) is 5.98. The molecule has 0 bridgehead atoms. The summed E-state index contributed by atoms with van der Waals surface area (Å²) in [7, 11) is 0. The van der Waals surface area contributed by atoms with Gasteiger partial charge in [-0.2, -0.15) is 0 Å². The lowest BCUT2D eigenvalue weighted by Crippen LogP contribution is -2.34. The summed E-state index contributed by atoms with van der Waals surface area (Å²) in [5.41, 5.74) is 7.79. The molecule has 94 valence electrons. The smallest absolute Gasteiger partial charge is 0.321 e. The molecule has 1 aromatic rings. The number of amides is 2. The average Bonchev–Trinajstić information content (AvgIpc) is 2.27. The standard InChI is InChI=1S/C12H18ClN3O/c1-4-16(5-2)12(17)15-11-7-9(13)10(14)6-8(11)3/h6-7H,4-5,14H2,1-3H3,(H,15,17). The normalized spacial score (nSPS) is 10.1. The lowest BCUT2D eigenvalue weighted by Gasteiger charge is -2.20. The van der Waals surface area contributed by atoms with Crippen LogP contribution in [0.2, 0.25) is 5.02 Å². The summed E-state index contributed by atoms with van der Waals surface area (Å²) in [6.45, 7) is 7.09. The Balaban J connectivity index is 2.88. The molecule has 0 saturated carbocycles. The van der Waals surface area contributed by atoms with E-state index in [1.54, 1.807) is 17.0 Å². The van der Waals surface area contributed by atoms with Crippen molar-refractivity contribution in [1.29, 1.82) is 0 Å². The van der Waals surface area contributed by atoms with E-state index in [0.717, 1.165) is 5.56 Å². The Morgan fingerprint density at radius 1 is 1.41 bits per heavy atom. The number of aryl methyl sites for hydroxylation is 1. The number of nitrogens with one attached hydrogen (secondary N) is 1. The Hall–Kier alpha value is -1.42. The Morgan fingerprint density at radius 3 is 2.53 bits per heavy atom. The third kappa shape index (κ3) is 3.27. The van der Waals surface area contributed by atoms with Gasteiger partial charge in [-0.1, -0.05) is 11.6 Å². The zero-order valence-electron chi connectivity index (χ0n) is 10.4. The Kier molecular flexibility index (Phi) is 4.63. The lowest BCUT2D eigenvalue weighted by molar-refractivity contribution is 0.217. The van der Waals surface area contributed by atoms with Gasteiger partial charge in [0.15, 0.2) is 0 Å². The maximum Gasteiger partial charge on any atom is 0.321 e. The van der Waals surface area contributed by atoms with Crippen LogP contribution in [0.4, 0.5) is 16.2 Å². The summed E-state index contributed by atoms with van der Waals surface area (Å²) >= 11 is 5.93. The quantitative estimate of drug-likeness (QED) is 0.816. The lowest BCUT2D eigenvalue weighted by atomic mass is 10.2. The highest BCUT2D eigenvalue weighted by atomic mass is 35.5. The molecule has 2 amide bonds. The number of rotatable bonds is 3. The van der Waals surface area contributed by atoms with Gasteiger partial charge in [-0.25, -0.2) is 4.79 Å². The van der Waals surface area contributed by atoms with E-state index >= 15 is 0 Å². The van der Waals surface area contributed by atoms with E-state index in [9.17, 15) is 4.79 Å². The van der Waals surface area contributed by atoms with Gasteiger partial charge in [-0.05, 0) is 38.5 Å². The number of nitrogens with two attached hydrogens (primary N) is 1. The predicted molar refractivity (Wildman–Crippen MR) is 72.5 cm³/mol. The number of anilines is 2. The van der Waals surface area contributed by atoms with Crippen LogP contribution in [-0.2, 0) is 0 Å². The molecule has 3 N–H and O–H groups in total. The first-order valence-electron chi connectivity index (χ1n) is 5.61. The molecule has 0 aliphatic carbocycles. The van der Waals surface area contributed by atoms with E-state index in [1.807, 2.05) is 20.8 Å². The molecule has 0 heterocycles. The topological polar surface area (TPSA) is 58.4 Å². The number of carbonyl (C=O) groups excluding carboxylic acids is 1. The van der Waals surface area contributed by atoms with E-state index in [2.05, 4.69) is 5.32 Å². The van der Waals surface area contributed by atoms with Gasteiger partial charge in [0.1, 0.15) is 0 Å². The van der Waals surface area contributed by atoms with Crippen molar-refractivity contribution in [3.05, 3.63) is 22.7 Å². The van der Waals surface area contributed by atoms with E-state index < -0.39 is 0 Å². The molecule has 0 fully saturated rings. The monoisotopic (exact) mass is 255 g/mol. The number of hydrogen-bond acceptors (Lipinski definition) is 2. The molecule has 1 rings (SSSR count). The number of halogens is 1. The van der Waals surface area contributed by atoms with Crippen LogP contribution >= 0.6 is 11.6 Å². The maximum atomic E-state index is 11.9. The largest absolute Gasteiger partial charge is 0.398 e. The highest BCUT2D eigenvalue weighted by molar-refractivity contribution is 6.33. The second-order valence-electron chi connectivity index (χ2n) is 3.79. The van der Waals surface area contributed by atoms with Crippen LogP contribution in [0.3, 0.4) is 0 Å². The van der Waals surface area contributed by atoms with Gasteiger partial charge in [0.25, 0.3) is 0 Å². The molecular weight excluding hydrogens is 238 g/mol. The minimum atomic E-state index is -0.126. The van der Waals surface area contributed by atoms with Crippen molar-refractivity contribution in [1.82, 2.24) is 4.90 Å². The Labute approximate surface area is 107 Å². The molecular formula is C12H18ClN3O. The minimum absolute atomic E-state index is 0.126. The highest BCUT2D eigenvalue weighted by Gasteiger charge is 2.11. The van der Waals surface area contributed by atoms with Crippen molar-refractivity contribution in [2.75, 3.05) is 24.1 Å². The summed E-state index contributed by atoms with van der Waals surface area (Å²) in [5.74, 6) is 0. The molecule has 17 heavy (non-hydrogen) atoms. The first-order chi connectivity index (χ1) is 7.99. The number of benzene rings is 1. The average molecular weight is 256 g/mol. The second kappa shape index (κ2) is 5.77. The van der Waals surface area contributed by atoms with Crippen LogP contribution in [0.1, 0.15) is 19.4 Å². The summed E-state index contributed by atoms with van der Waals surface area (Å²) in [6.07, 6.45) is 0. The van der Waals surface area contributed by atoms with Crippen molar-refractivity contribution in [2.45, 2.75) is 20.8 Å². The van der Waals surface area contributed by atoms with Crippen LogP contribution in [0.25, 0.3) is 0 Å². The zero-order valence-corrected chi connectivity index (χ0v) is 11.1. The van der Waals surface area contributed by atoms with Crippen molar-refractivity contribution in [3.8, 4) is 0 Å². The third-order valence-electron chi connectivity index (χ3n) is 2.64. The van der Waals surface area contributed by atoms with Crippen molar-refractivity contribution in [3.63, 3.8) is 0 Å². The van der Waals surface area contributed by atoms with Gasteiger partial charge in [0, 0.05) is 18.8 Å². The zero-order chi connectivity index (χ0) is 13.0. The molecule has 0 saturated heterocycles.